The van der Waals surface area contributed by atoms with Crippen molar-refractivity contribution in [2.24, 2.45) is 0 Å². The number of hydrogen-bond acceptors (Lipinski definition) is 5. The SMILES string of the molecule is CS(=O)(=O)c1ccc(C(=O)Nc2ccc(-n3ccnc3)nc2)cc1. The third-order valence-electron chi connectivity index (χ3n) is 3.32. The lowest BCUT2D eigenvalue weighted by Gasteiger charge is -2.07. The van der Waals surface area contributed by atoms with Crippen molar-refractivity contribution in [1.82, 2.24) is 14.5 Å². The van der Waals surface area contributed by atoms with Crippen molar-refractivity contribution in [3.8, 4) is 5.82 Å². The maximum atomic E-state index is 12.2. The number of pyridine rings is 1. The van der Waals surface area contributed by atoms with Crippen LogP contribution in [0, 0.1) is 0 Å². The molecule has 0 spiro atoms. The summed E-state index contributed by atoms with van der Waals surface area (Å²) in [6.07, 6.45) is 7.71. The number of rotatable bonds is 4. The van der Waals surface area contributed by atoms with Crippen molar-refractivity contribution in [2.45, 2.75) is 4.90 Å². The first-order valence-corrected chi connectivity index (χ1v) is 8.88. The molecule has 0 fully saturated rings. The Morgan fingerprint density at radius 1 is 1.12 bits per heavy atom. The van der Waals surface area contributed by atoms with E-state index in [1.807, 2.05) is 0 Å². The summed E-state index contributed by atoms with van der Waals surface area (Å²) >= 11 is 0. The van der Waals surface area contributed by atoms with E-state index in [-0.39, 0.29) is 10.8 Å². The van der Waals surface area contributed by atoms with Crippen LogP contribution in [0.4, 0.5) is 5.69 Å². The minimum atomic E-state index is -3.28. The first kappa shape index (κ1) is 15.9. The van der Waals surface area contributed by atoms with Crippen LogP contribution in [0.3, 0.4) is 0 Å². The summed E-state index contributed by atoms with van der Waals surface area (Å²) in [6.45, 7) is 0. The Hall–Kier alpha value is -3.00. The second-order valence-electron chi connectivity index (χ2n) is 5.13. The van der Waals surface area contributed by atoms with E-state index in [0.717, 1.165) is 6.26 Å². The summed E-state index contributed by atoms with van der Waals surface area (Å²) in [4.78, 5) is 20.5. The van der Waals surface area contributed by atoms with Crippen molar-refractivity contribution in [2.75, 3.05) is 11.6 Å². The zero-order valence-electron chi connectivity index (χ0n) is 12.7. The molecule has 0 atom stereocenters. The molecule has 0 saturated carbocycles. The van der Waals surface area contributed by atoms with Crippen molar-refractivity contribution in [3.05, 3.63) is 66.9 Å². The highest BCUT2D eigenvalue weighted by molar-refractivity contribution is 7.90. The molecule has 2 aromatic heterocycles. The molecule has 0 aliphatic rings. The Labute approximate surface area is 138 Å². The van der Waals surface area contributed by atoms with Crippen LogP contribution in [0.25, 0.3) is 5.82 Å². The molecule has 0 bridgehead atoms. The predicted molar refractivity (Wildman–Crippen MR) is 88.9 cm³/mol. The van der Waals surface area contributed by atoms with E-state index in [0.29, 0.717) is 17.1 Å². The first-order valence-electron chi connectivity index (χ1n) is 6.99. The number of benzene rings is 1. The minimum Gasteiger partial charge on any atom is -0.321 e. The Morgan fingerprint density at radius 3 is 2.42 bits per heavy atom. The van der Waals surface area contributed by atoms with Gasteiger partial charge in [-0.05, 0) is 36.4 Å². The largest absolute Gasteiger partial charge is 0.321 e. The van der Waals surface area contributed by atoms with E-state index in [9.17, 15) is 13.2 Å². The summed E-state index contributed by atoms with van der Waals surface area (Å²) in [7, 11) is -3.28. The molecule has 2 heterocycles. The first-order chi connectivity index (χ1) is 11.4. The van der Waals surface area contributed by atoms with Gasteiger partial charge in [0.1, 0.15) is 12.1 Å². The highest BCUT2D eigenvalue weighted by Gasteiger charge is 2.10. The summed E-state index contributed by atoms with van der Waals surface area (Å²) in [5.74, 6) is 0.343. The average molecular weight is 342 g/mol. The van der Waals surface area contributed by atoms with Crippen LogP contribution >= 0.6 is 0 Å². The molecule has 0 radical (unpaired) electrons. The number of imidazole rings is 1. The molecule has 0 unspecified atom stereocenters. The van der Waals surface area contributed by atoms with Gasteiger partial charge >= 0.3 is 0 Å². The smallest absolute Gasteiger partial charge is 0.255 e. The number of anilines is 1. The van der Waals surface area contributed by atoms with Gasteiger partial charge in [0.25, 0.3) is 5.91 Å². The number of sulfone groups is 1. The van der Waals surface area contributed by atoms with E-state index < -0.39 is 9.84 Å². The third kappa shape index (κ3) is 3.49. The predicted octanol–water partition coefficient (Wildman–Crippen LogP) is 1.92. The van der Waals surface area contributed by atoms with Crippen LogP contribution in [0.15, 0.2) is 66.2 Å². The molecule has 24 heavy (non-hydrogen) atoms. The summed E-state index contributed by atoms with van der Waals surface area (Å²) in [5.41, 5.74) is 0.900. The fraction of sp³-hybridized carbons (Fsp3) is 0.0625. The minimum absolute atomic E-state index is 0.172. The number of amides is 1. The van der Waals surface area contributed by atoms with Crippen molar-refractivity contribution in [3.63, 3.8) is 0 Å². The van der Waals surface area contributed by atoms with Gasteiger partial charge in [0, 0.05) is 24.2 Å². The van der Waals surface area contributed by atoms with Crippen LogP contribution in [0.2, 0.25) is 0 Å². The second kappa shape index (κ2) is 6.25. The number of hydrogen-bond donors (Lipinski definition) is 1. The van der Waals surface area contributed by atoms with Crippen molar-refractivity contribution >= 4 is 21.4 Å². The zero-order valence-corrected chi connectivity index (χ0v) is 13.6. The van der Waals surface area contributed by atoms with Crippen LogP contribution in [0.1, 0.15) is 10.4 Å². The lowest BCUT2D eigenvalue weighted by Crippen LogP contribution is -2.12. The van der Waals surface area contributed by atoms with Gasteiger partial charge in [-0.1, -0.05) is 0 Å². The third-order valence-corrected chi connectivity index (χ3v) is 4.45. The van der Waals surface area contributed by atoms with Crippen LogP contribution in [0.5, 0.6) is 0 Å². The highest BCUT2D eigenvalue weighted by Crippen LogP contribution is 2.14. The lowest BCUT2D eigenvalue weighted by atomic mass is 10.2. The maximum absolute atomic E-state index is 12.2. The summed E-state index contributed by atoms with van der Waals surface area (Å²) in [5, 5.41) is 2.71. The van der Waals surface area contributed by atoms with Gasteiger partial charge in [0.15, 0.2) is 9.84 Å². The number of aromatic nitrogens is 3. The van der Waals surface area contributed by atoms with Crippen LogP contribution in [-0.4, -0.2) is 35.1 Å². The Morgan fingerprint density at radius 2 is 1.88 bits per heavy atom. The molecule has 1 N–H and O–H groups in total. The van der Waals surface area contributed by atoms with Gasteiger partial charge in [-0.25, -0.2) is 18.4 Å². The van der Waals surface area contributed by atoms with Crippen LogP contribution < -0.4 is 5.32 Å². The maximum Gasteiger partial charge on any atom is 0.255 e. The molecule has 1 aromatic carbocycles. The van der Waals surface area contributed by atoms with Gasteiger partial charge < -0.3 is 5.32 Å². The molecule has 7 nitrogen and oxygen atoms in total. The Kier molecular flexibility index (Phi) is 4.13. The molecule has 0 aliphatic carbocycles. The molecule has 1 amide bonds. The van der Waals surface area contributed by atoms with Gasteiger partial charge in [0.2, 0.25) is 0 Å². The molecule has 0 saturated heterocycles. The normalized spacial score (nSPS) is 11.2. The average Bonchev–Trinajstić information content (AvgIpc) is 3.09. The summed E-state index contributed by atoms with van der Waals surface area (Å²) in [6, 6.07) is 9.24. The van der Waals surface area contributed by atoms with E-state index in [1.54, 1.807) is 35.4 Å². The fourth-order valence-electron chi connectivity index (χ4n) is 2.06. The number of carbonyl (C=O) groups is 1. The van der Waals surface area contributed by atoms with E-state index in [4.69, 9.17) is 0 Å². The van der Waals surface area contributed by atoms with Crippen LogP contribution in [-0.2, 0) is 9.84 Å². The number of nitrogens with zero attached hydrogens (tertiary/aromatic N) is 3. The quantitative estimate of drug-likeness (QED) is 0.782. The second-order valence-corrected chi connectivity index (χ2v) is 7.14. The summed E-state index contributed by atoms with van der Waals surface area (Å²) < 4.78 is 24.6. The molecular weight excluding hydrogens is 328 g/mol. The number of carbonyl (C=O) groups excluding carboxylic acids is 1. The van der Waals surface area contributed by atoms with E-state index in [2.05, 4.69) is 15.3 Å². The van der Waals surface area contributed by atoms with Crippen molar-refractivity contribution < 1.29 is 13.2 Å². The molecular formula is C16H14N4O3S. The highest BCUT2D eigenvalue weighted by atomic mass is 32.2. The van der Waals surface area contributed by atoms with Gasteiger partial charge in [-0.15, -0.1) is 0 Å². The Bertz CT molecular complexity index is 948. The molecule has 8 heteroatoms. The van der Waals surface area contributed by atoms with E-state index in [1.165, 1.54) is 30.5 Å². The standard InChI is InChI=1S/C16H14N4O3S/c1-24(22,23)14-5-2-12(3-6-14)16(21)19-13-4-7-15(18-10-13)20-9-8-17-11-20/h2-11H,1H3,(H,19,21). The van der Waals surface area contributed by atoms with Crippen molar-refractivity contribution in [1.29, 1.82) is 0 Å². The van der Waals surface area contributed by atoms with Gasteiger partial charge in [0.05, 0.1) is 16.8 Å². The van der Waals surface area contributed by atoms with Gasteiger partial charge in [-0.2, -0.15) is 0 Å². The van der Waals surface area contributed by atoms with Gasteiger partial charge in [-0.3, -0.25) is 9.36 Å². The molecule has 0 aliphatic heterocycles. The molecule has 3 rings (SSSR count). The van der Waals surface area contributed by atoms with E-state index >= 15 is 0 Å². The molecule has 122 valence electrons. The lowest BCUT2D eigenvalue weighted by molar-refractivity contribution is 0.102. The Balaban J connectivity index is 1.73. The fourth-order valence-corrected chi connectivity index (χ4v) is 2.69. The molecule has 3 aromatic rings. The zero-order chi connectivity index (χ0) is 17.2. The number of nitrogens with one attached hydrogen (secondary N) is 1. The monoisotopic (exact) mass is 342 g/mol. The topological polar surface area (TPSA) is 94.0 Å².